The van der Waals surface area contributed by atoms with E-state index in [2.05, 4.69) is 20.4 Å². The Morgan fingerprint density at radius 1 is 1.12 bits per heavy atom. The second-order valence-electron chi connectivity index (χ2n) is 3.49. The summed E-state index contributed by atoms with van der Waals surface area (Å²) in [4.78, 5) is 12.7. The van der Waals surface area contributed by atoms with Crippen molar-refractivity contribution in [3.63, 3.8) is 0 Å². The third-order valence-corrected chi connectivity index (χ3v) is 2.46. The largest absolute Gasteiger partial charge is 0.308 e. The second-order valence-corrected chi connectivity index (χ2v) is 3.49. The van der Waals surface area contributed by atoms with Crippen LogP contribution in [0.3, 0.4) is 0 Å². The Hall–Kier alpha value is -2.01. The highest BCUT2D eigenvalue weighted by Gasteiger charge is 2.08. The molecule has 2 heterocycles. The minimum Gasteiger partial charge on any atom is -0.308 e. The van der Waals surface area contributed by atoms with Crippen LogP contribution in [0.15, 0.2) is 24.5 Å². The van der Waals surface area contributed by atoms with Crippen molar-refractivity contribution >= 4 is 5.82 Å². The molecule has 0 atom stereocenters. The number of pyridine rings is 1. The van der Waals surface area contributed by atoms with E-state index in [1.54, 1.807) is 12.4 Å². The Labute approximate surface area is 93.7 Å². The van der Waals surface area contributed by atoms with E-state index in [9.17, 15) is 0 Å². The van der Waals surface area contributed by atoms with Crippen LogP contribution < -0.4 is 11.3 Å². The molecule has 0 radical (unpaired) electrons. The lowest BCUT2D eigenvalue weighted by Gasteiger charge is -2.09. The van der Waals surface area contributed by atoms with Crippen LogP contribution in [-0.4, -0.2) is 15.0 Å². The highest BCUT2D eigenvalue weighted by atomic mass is 15.3. The van der Waals surface area contributed by atoms with Crippen molar-refractivity contribution in [2.24, 2.45) is 5.84 Å². The molecule has 0 saturated carbocycles. The topological polar surface area (TPSA) is 76.7 Å². The first-order chi connectivity index (χ1) is 7.72. The summed E-state index contributed by atoms with van der Waals surface area (Å²) in [7, 11) is 0. The molecule has 0 aliphatic carbocycles. The lowest BCUT2D eigenvalue weighted by Crippen LogP contribution is -2.12. The summed E-state index contributed by atoms with van der Waals surface area (Å²) in [6.07, 6.45) is 3.42. The molecule has 0 aliphatic rings. The van der Waals surface area contributed by atoms with Gasteiger partial charge < -0.3 is 5.43 Å². The van der Waals surface area contributed by atoms with Gasteiger partial charge in [0, 0.05) is 29.2 Å². The van der Waals surface area contributed by atoms with Crippen molar-refractivity contribution < 1.29 is 0 Å². The van der Waals surface area contributed by atoms with E-state index in [1.807, 2.05) is 26.0 Å². The number of aryl methyl sites for hydroxylation is 1. The van der Waals surface area contributed by atoms with Gasteiger partial charge in [0.15, 0.2) is 5.82 Å². The molecule has 5 heteroatoms. The van der Waals surface area contributed by atoms with Crippen LogP contribution in [-0.2, 0) is 0 Å². The fourth-order valence-electron chi connectivity index (χ4n) is 1.40. The number of hydrogen-bond acceptors (Lipinski definition) is 5. The maximum absolute atomic E-state index is 5.41. The molecule has 0 aromatic carbocycles. The van der Waals surface area contributed by atoms with Crippen LogP contribution in [0.2, 0.25) is 0 Å². The Balaban J connectivity index is 2.55. The molecule has 0 spiro atoms. The number of rotatable bonds is 2. The summed E-state index contributed by atoms with van der Waals surface area (Å²) in [5.41, 5.74) is 5.38. The fraction of sp³-hybridized carbons (Fsp3) is 0.182. The monoisotopic (exact) mass is 215 g/mol. The number of nitrogens with zero attached hydrogens (tertiary/aromatic N) is 3. The third kappa shape index (κ3) is 1.85. The van der Waals surface area contributed by atoms with Crippen LogP contribution in [0.5, 0.6) is 0 Å². The molecule has 0 saturated heterocycles. The van der Waals surface area contributed by atoms with Crippen LogP contribution in [0, 0.1) is 13.8 Å². The molecule has 0 fully saturated rings. The van der Waals surface area contributed by atoms with Gasteiger partial charge in [-0.1, -0.05) is 0 Å². The molecular formula is C11H13N5. The molecule has 5 nitrogen and oxygen atoms in total. The van der Waals surface area contributed by atoms with E-state index in [-0.39, 0.29) is 0 Å². The molecular weight excluding hydrogens is 202 g/mol. The molecule has 2 aromatic rings. The van der Waals surface area contributed by atoms with Crippen molar-refractivity contribution in [3.05, 3.63) is 35.8 Å². The normalized spacial score (nSPS) is 10.2. The Morgan fingerprint density at radius 2 is 1.81 bits per heavy atom. The lowest BCUT2D eigenvalue weighted by atomic mass is 10.2. The van der Waals surface area contributed by atoms with Gasteiger partial charge in [0.1, 0.15) is 5.82 Å². The predicted molar refractivity (Wildman–Crippen MR) is 62.5 cm³/mol. The van der Waals surface area contributed by atoms with E-state index >= 15 is 0 Å². The van der Waals surface area contributed by atoms with Crippen molar-refractivity contribution in [2.45, 2.75) is 13.8 Å². The highest BCUT2D eigenvalue weighted by molar-refractivity contribution is 5.58. The van der Waals surface area contributed by atoms with Crippen molar-refractivity contribution in [1.82, 2.24) is 15.0 Å². The number of hydrogen-bond donors (Lipinski definition) is 2. The predicted octanol–water partition coefficient (Wildman–Crippen LogP) is 1.44. The zero-order chi connectivity index (χ0) is 11.5. The van der Waals surface area contributed by atoms with Gasteiger partial charge in [-0.15, -0.1) is 0 Å². The molecule has 16 heavy (non-hydrogen) atoms. The summed E-state index contributed by atoms with van der Waals surface area (Å²) in [6, 6.07) is 3.73. The Kier molecular flexibility index (Phi) is 2.78. The minimum absolute atomic E-state index is 0.651. The third-order valence-electron chi connectivity index (χ3n) is 2.46. The average molecular weight is 215 g/mol. The second kappa shape index (κ2) is 4.24. The summed E-state index contributed by atoms with van der Waals surface area (Å²) in [5.74, 6) is 6.72. The first-order valence-corrected chi connectivity index (χ1v) is 4.94. The van der Waals surface area contributed by atoms with Crippen molar-refractivity contribution in [2.75, 3.05) is 5.43 Å². The van der Waals surface area contributed by atoms with Gasteiger partial charge in [-0.25, -0.2) is 15.8 Å². The van der Waals surface area contributed by atoms with Gasteiger partial charge in [0.25, 0.3) is 0 Å². The number of nitrogens with one attached hydrogen (secondary N) is 1. The van der Waals surface area contributed by atoms with Gasteiger partial charge in [-0.05, 0) is 26.0 Å². The SMILES string of the molecule is Cc1nc(-c2ccncc2)nc(NN)c1C. The van der Waals surface area contributed by atoms with Crippen molar-refractivity contribution in [3.8, 4) is 11.4 Å². The zero-order valence-corrected chi connectivity index (χ0v) is 9.23. The first kappa shape index (κ1) is 10.5. The average Bonchev–Trinajstić information content (AvgIpc) is 2.33. The molecule has 0 amide bonds. The van der Waals surface area contributed by atoms with Gasteiger partial charge >= 0.3 is 0 Å². The van der Waals surface area contributed by atoms with Crippen LogP contribution in [0.1, 0.15) is 11.3 Å². The van der Waals surface area contributed by atoms with Gasteiger partial charge in [-0.3, -0.25) is 4.98 Å². The smallest absolute Gasteiger partial charge is 0.161 e. The molecule has 0 aliphatic heterocycles. The van der Waals surface area contributed by atoms with Crippen LogP contribution in [0.4, 0.5) is 5.82 Å². The maximum atomic E-state index is 5.41. The number of anilines is 1. The van der Waals surface area contributed by atoms with Crippen LogP contribution >= 0.6 is 0 Å². The van der Waals surface area contributed by atoms with E-state index < -0.39 is 0 Å². The number of hydrazine groups is 1. The molecule has 0 bridgehead atoms. The molecule has 82 valence electrons. The minimum atomic E-state index is 0.651. The van der Waals surface area contributed by atoms with E-state index in [0.717, 1.165) is 16.8 Å². The van der Waals surface area contributed by atoms with E-state index in [0.29, 0.717) is 11.6 Å². The van der Waals surface area contributed by atoms with Gasteiger partial charge in [0.2, 0.25) is 0 Å². The lowest BCUT2D eigenvalue weighted by molar-refractivity contribution is 1.06. The Morgan fingerprint density at radius 3 is 2.44 bits per heavy atom. The summed E-state index contributed by atoms with van der Waals surface area (Å²) in [6.45, 7) is 3.86. The van der Waals surface area contributed by atoms with Crippen LogP contribution in [0.25, 0.3) is 11.4 Å². The van der Waals surface area contributed by atoms with E-state index in [4.69, 9.17) is 5.84 Å². The summed E-state index contributed by atoms with van der Waals surface area (Å²) in [5, 5.41) is 0. The van der Waals surface area contributed by atoms with E-state index in [1.165, 1.54) is 0 Å². The number of nitrogen functional groups attached to an aromatic ring is 1. The van der Waals surface area contributed by atoms with Gasteiger partial charge in [0.05, 0.1) is 0 Å². The summed E-state index contributed by atoms with van der Waals surface area (Å²) < 4.78 is 0. The fourth-order valence-corrected chi connectivity index (χ4v) is 1.40. The zero-order valence-electron chi connectivity index (χ0n) is 9.23. The molecule has 0 unspecified atom stereocenters. The van der Waals surface area contributed by atoms with Crippen molar-refractivity contribution in [1.29, 1.82) is 0 Å². The highest BCUT2D eigenvalue weighted by Crippen LogP contribution is 2.20. The number of nitrogens with two attached hydrogens (primary N) is 1. The van der Waals surface area contributed by atoms with Gasteiger partial charge in [-0.2, -0.15) is 0 Å². The first-order valence-electron chi connectivity index (χ1n) is 4.94. The molecule has 2 aromatic heterocycles. The maximum Gasteiger partial charge on any atom is 0.161 e. The summed E-state index contributed by atoms with van der Waals surface area (Å²) >= 11 is 0. The number of aromatic nitrogens is 3. The Bertz CT molecular complexity index is 495. The quantitative estimate of drug-likeness (QED) is 0.585. The molecule has 2 rings (SSSR count). The molecule has 3 N–H and O–H groups in total. The standard InChI is InChI=1S/C11H13N5/c1-7-8(2)14-11(15-10(7)16-12)9-3-5-13-6-4-9/h3-6H,12H2,1-2H3,(H,14,15,16).